The molecule has 0 radical (unpaired) electrons. The number of benzene rings is 2. The summed E-state index contributed by atoms with van der Waals surface area (Å²) in [7, 11) is 0. The minimum absolute atomic E-state index is 0.144. The van der Waals surface area contributed by atoms with Crippen LogP contribution in [0.15, 0.2) is 51.4 Å². The van der Waals surface area contributed by atoms with E-state index in [1.54, 1.807) is 0 Å². The van der Waals surface area contributed by atoms with Crippen LogP contribution in [-0.2, 0) is 11.2 Å². The SMILES string of the molecule is O=C(Cc1ccc(Br)cc1)Nc1ccc(F)cc1Br. The third-order valence-corrected chi connectivity index (χ3v) is 3.67. The van der Waals surface area contributed by atoms with Gasteiger partial charge in [-0.3, -0.25) is 4.79 Å². The van der Waals surface area contributed by atoms with Gasteiger partial charge in [0.1, 0.15) is 5.82 Å². The molecule has 5 heteroatoms. The lowest BCUT2D eigenvalue weighted by atomic mass is 10.1. The maximum absolute atomic E-state index is 12.9. The molecule has 0 aliphatic carbocycles. The van der Waals surface area contributed by atoms with Crippen molar-refractivity contribution in [2.24, 2.45) is 0 Å². The van der Waals surface area contributed by atoms with E-state index in [1.807, 2.05) is 24.3 Å². The van der Waals surface area contributed by atoms with Crippen molar-refractivity contribution in [1.29, 1.82) is 0 Å². The van der Waals surface area contributed by atoms with Crippen LogP contribution >= 0.6 is 31.9 Å². The van der Waals surface area contributed by atoms with E-state index in [0.29, 0.717) is 10.2 Å². The predicted octanol–water partition coefficient (Wildman–Crippen LogP) is 4.53. The van der Waals surface area contributed by atoms with Crippen LogP contribution < -0.4 is 5.32 Å². The van der Waals surface area contributed by atoms with E-state index in [4.69, 9.17) is 0 Å². The van der Waals surface area contributed by atoms with E-state index in [0.717, 1.165) is 10.0 Å². The molecule has 1 N–H and O–H groups in total. The van der Waals surface area contributed by atoms with E-state index in [9.17, 15) is 9.18 Å². The van der Waals surface area contributed by atoms with Crippen molar-refractivity contribution in [3.63, 3.8) is 0 Å². The van der Waals surface area contributed by atoms with Crippen LogP contribution in [0.1, 0.15) is 5.56 Å². The third-order valence-electron chi connectivity index (χ3n) is 2.48. The van der Waals surface area contributed by atoms with Crippen LogP contribution in [0.3, 0.4) is 0 Å². The zero-order valence-electron chi connectivity index (χ0n) is 9.79. The lowest BCUT2D eigenvalue weighted by Gasteiger charge is -2.07. The molecule has 2 rings (SSSR count). The maximum Gasteiger partial charge on any atom is 0.228 e. The van der Waals surface area contributed by atoms with Crippen LogP contribution in [0.5, 0.6) is 0 Å². The second kappa shape index (κ2) is 6.30. The summed E-state index contributed by atoms with van der Waals surface area (Å²) in [5.74, 6) is -0.493. The summed E-state index contributed by atoms with van der Waals surface area (Å²) < 4.78 is 14.4. The van der Waals surface area contributed by atoms with Gasteiger partial charge >= 0.3 is 0 Å². The fourth-order valence-corrected chi connectivity index (χ4v) is 2.29. The first-order chi connectivity index (χ1) is 9.04. The molecule has 0 aliphatic heterocycles. The number of carbonyl (C=O) groups excluding carboxylic acids is 1. The van der Waals surface area contributed by atoms with E-state index < -0.39 is 0 Å². The molecule has 0 spiro atoms. The molecular weight excluding hydrogens is 377 g/mol. The van der Waals surface area contributed by atoms with Crippen molar-refractivity contribution in [2.45, 2.75) is 6.42 Å². The Labute approximate surface area is 127 Å². The van der Waals surface area contributed by atoms with Crippen molar-refractivity contribution in [2.75, 3.05) is 5.32 Å². The van der Waals surface area contributed by atoms with Gasteiger partial charge in [0, 0.05) is 8.95 Å². The fraction of sp³-hybridized carbons (Fsp3) is 0.0714. The Morgan fingerprint density at radius 2 is 1.79 bits per heavy atom. The van der Waals surface area contributed by atoms with Crippen molar-refractivity contribution in [1.82, 2.24) is 0 Å². The van der Waals surface area contributed by atoms with E-state index in [1.165, 1.54) is 18.2 Å². The molecule has 0 saturated heterocycles. The van der Waals surface area contributed by atoms with Crippen molar-refractivity contribution < 1.29 is 9.18 Å². The Bertz CT molecular complexity index is 599. The van der Waals surface area contributed by atoms with Crippen LogP contribution in [0.4, 0.5) is 10.1 Å². The van der Waals surface area contributed by atoms with Gasteiger partial charge < -0.3 is 5.32 Å². The van der Waals surface area contributed by atoms with Gasteiger partial charge in [-0.25, -0.2) is 4.39 Å². The summed E-state index contributed by atoms with van der Waals surface area (Å²) in [4.78, 5) is 11.9. The number of rotatable bonds is 3. The first-order valence-corrected chi connectivity index (χ1v) is 7.12. The van der Waals surface area contributed by atoms with Crippen LogP contribution in [0, 0.1) is 5.82 Å². The summed E-state index contributed by atoms with van der Waals surface area (Å²) in [6.45, 7) is 0. The molecule has 0 heterocycles. The van der Waals surface area contributed by atoms with Gasteiger partial charge in [0.2, 0.25) is 5.91 Å². The molecule has 2 nitrogen and oxygen atoms in total. The number of nitrogens with one attached hydrogen (secondary N) is 1. The number of carbonyl (C=O) groups is 1. The third kappa shape index (κ3) is 4.14. The smallest absolute Gasteiger partial charge is 0.228 e. The van der Waals surface area contributed by atoms with Crippen LogP contribution in [0.2, 0.25) is 0 Å². The largest absolute Gasteiger partial charge is 0.325 e. The van der Waals surface area contributed by atoms with Crippen molar-refractivity contribution in [3.05, 3.63) is 62.8 Å². The van der Waals surface area contributed by atoms with Gasteiger partial charge in [0.25, 0.3) is 0 Å². The van der Waals surface area contributed by atoms with Crippen LogP contribution in [0.25, 0.3) is 0 Å². The van der Waals surface area contributed by atoms with Gasteiger partial charge in [0.15, 0.2) is 0 Å². The molecule has 2 aromatic rings. The monoisotopic (exact) mass is 385 g/mol. The zero-order valence-corrected chi connectivity index (χ0v) is 13.0. The second-order valence-corrected chi connectivity index (χ2v) is 5.75. The lowest BCUT2D eigenvalue weighted by molar-refractivity contribution is -0.115. The van der Waals surface area contributed by atoms with E-state index >= 15 is 0 Å². The Kier molecular flexibility index (Phi) is 4.71. The van der Waals surface area contributed by atoms with E-state index in [2.05, 4.69) is 37.2 Å². The maximum atomic E-state index is 12.9. The number of anilines is 1. The number of hydrogen-bond donors (Lipinski definition) is 1. The molecule has 0 bridgehead atoms. The highest BCUT2D eigenvalue weighted by atomic mass is 79.9. The topological polar surface area (TPSA) is 29.1 Å². The highest BCUT2D eigenvalue weighted by Gasteiger charge is 2.07. The molecule has 0 aliphatic rings. The Balaban J connectivity index is 2.03. The standard InChI is InChI=1S/C14H10Br2FNO/c15-10-3-1-9(2-4-10)7-14(19)18-13-6-5-11(17)8-12(13)16/h1-6,8H,7H2,(H,18,19). The molecule has 0 unspecified atom stereocenters. The molecule has 0 aromatic heterocycles. The molecule has 98 valence electrons. The molecule has 19 heavy (non-hydrogen) atoms. The fourth-order valence-electron chi connectivity index (χ4n) is 1.57. The highest BCUT2D eigenvalue weighted by molar-refractivity contribution is 9.10. The number of amides is 1. The Morgan fingerprint density at radius 1 is 1.11 bits per heavy atom. The van der Waals surface area contributed by atoms with Gasteiger partial charge in [-0.05, 0) is 51.8 Å². The van der Waals surface area contributed by atoms with Gasteiger partial charge in [-0.2, -0.15) is 0 Å². The quantitative estimate of drug-likeness (QED) is 0.824. The Morgan fingerprint density at radius 3 is 2.42 bits per heavy atom. The molecule has 0 fully saturated rings. The first-order valence-electron chi connectivity index (χ1n) is 5.54. The normalized spacial score (nSPS) is 10.3. The van der Waals surface area contributed by atoms with E-state index in [-0.39, 0.29) is 18.1 Å². The predicted molar refractivity (Wildman–Crippen MR) is 80.6 cm³/mol. The zero-order chi connectivity index (χ0) is 13.8. The molecule has 2 aromatic carbocycles. The molecule has 0 atom stereocenters. The highest BCUT2D eigenvalue weighted by Crippen LogP contribution is 2.23. The second-order valence-electron chi connectivity index (χ2n) is 3.98. The summed E-state index contributed by atoms with van der Waals surface area (Å²) in [6.07, 6.45) is 0.275. The van der Waals surface area contributed by atoms with Crippen molar-refractivity contribution >= 4 is 43.5 Å². The molecule has 1 amide bonds. The summed E-state index contributed by atoms with van der Waals surface area (Å²) >= 11 is 6.55. The Hall–Kier alpha value is -1.20. The number of hydrogen-bond acceptors (Lipinski definition) is 1. The molecule has 0 saturated carbocycles. The molecular formula is C14H10Br2FNO. The van der Waals surface area contributed by atoms with Gasteiger partial charge in [-0.1, -0.05) is 28.1 Å². The average molecular weight is 387 g/mol. The minimum atomic E-state index is -0.349. The minimum Gasteiger partial charge on any atom is -0.325 e. The summed E-state index contributed by atoms with van der Waals surface area (Å²) in [5, 5.41) is 2.74. The summed E-state index contributed by atoms with van der Waals surface area (Å²) in [5.41, 5.74) is 1.47. The van der Waals surface area contributed by atoms with Crippen molar-refractivity contribution in [3.8, 4) is 0 Å². The number of halogens is 3. The van der Waals surface area contributed by atoms with Crippen LogP contribution in [-0.4, -0.2) is 5.91 Å². The summed E-state index contributed by atoms with van der Waals surface area (Å²) in [6, 6.07) is 11.7. The van der Waals surface area contributed by atoms with Gasteiger partial charge in [0.05, 0.1) is 12.1 Å². The average Bonchev–Trinajstić information content (AvgIpc) is 2.36. The van der Waals surface area contributed by atoms with Gasteiger partial charge in [-0.15, -0.1) is 0 Å². The lowest BCUT2D eigenvalue weighted by Crippen LogP contribution is -2.14. The first kappa shape index (κ1) is 14.2.